The zero-order valence-electron chi connectivity index (χ0n) is 9.95. The van der Waals surface area contributed by atoms with Gasteiger partial charge in [0.1, 0.15) is 5.75 Å². The van der Waals surface area contributed by atoms with E-state index in [1.165, 1.54) is 0 Å². The standard InChI is InChI=1S/C12H19ClN2O.ClH/c1-8-6-9(13)7-10(12(8)16)11(15)4-2-3-5-14;/h6-7,11,16H,2-5,14-15H2,1H3;1H/t11-;/m1./s1. The maximum Gasteiger partial charge on any atom is 0.123 e. The average molecular weight is 279 g/mol. The Morgan fingerprint density at radius 1 is 1.35 bits per heavy atom. The normalized spacial score (nSPS) is 12.0. The highest BCUT2D eigenvalue weighted by atomic mass is 35.5. The minimum Gasteiger partial charge on any atom is -0.507 e. The monoisotopic (exact) mass is 278 g/mol. The van der Waals surface area contributed by atoms with Gasteiger partial charge in [0.25, 0.3) is 0 Å². The Hall–Kier alpha value is -0.480. The first-order chi connectivity index (χ1) is 7.56. The molecule has 1 atom stereocenters. The molecular weight excluding hydrogens is 259 g/mol. The Bertz CT molecular complexity index is 359. The van der Waals surface area contributed by atoms with Crippen molar-refractivity contribution in [1.29, 1.82) is 0 Å². The molecule has 0 aliphatic carbocycles. The molecule has 0 spiro atoms. The van der Waals surface area contributed by atoms with Crippen LogP contribution in [0.1, 0.15) is 36.4 Å². The lowest BCUT2D eigenvalue weighted by Gasteiger charge is -2.15. The Morgan fingerprint density at radius 3 is 2.59 bits per heavy atom. The largest absolute Gasteiger partial charge is 0.507 e. The summed E-state index contributed by atoms with van der Waals surface area (Å²) in [6.07, 6.45) is 2.72. The second-order valence-corrected chi connectivity index (χ2v) is 4.49. The van der Waals surface area contributed by atoms with E-state index in [-0.39, 0.29) is 24.2 Å². The Kier molecular flexibility index (Phi) is 7.55. The summed E-state index contributed by atoms with van der Waals surface area (Å²) < 4.78 is 0. The summed E-state index contributed by atoms with van der Waals surface area (Å²) in [6, 6.07) is 3.29. The summed E-state index contributed by atoms with van der Waals surface area (Å²) in [5.74, 6) is 0.254. The first-order valence-electron chi connectivity index (χ1n) is 5.51. The Balaban J connectivity index is 0.00000256. The van der Waals surface area contributed by atoms with E-state index in [0.717, 1.165) is 30.4 Å². The molecule has 17 heavy (non-hydrogen) atoms. The first kappa shape index (κ1) is 16.5. The fourth-order valence-corrected chi connectivity index (χ4v) is 1.99. The number of phenols is 1. The molecule has 1 rings (SSSR count). The summed E-state index contributed by atoms with van der Waals surface area (Å²) in [5, 5.41) is 10.5. The molecule has 5 N–H and O–H groups in total. The van der Waals surface area contributed by atoms with Gasteiger partial charge in [0.15, 0.2) is 0 Å². The van der Waals surface area contributed by atoms with Crippen molar-refractivity contribution >= 4 is 24.0 Å². The van der Waals surface area contributed by atoms with Gasteiger partial charge in [-0.3, -0.25) is 0 Å². The predicted octanol–water partition coefficient (Wildman–Crippen LogP) is 2.90. The smallest absolute Gasteiger partial charge is 0.123 e. The minimum absolute atomic E-state index is 0. The number of nitrogens with two attached hydrogens (primary N) is 2. The fourth-order valence-electron chi connectivity index (χ4n) is 1.71. The average Bonchev–Trinajstić information content (AvgIpc) is 2.23. The molecule has 1 aromatic carbocycles. The molecule has 0 saturated heterocycles. The quantitative estimate of drug-likeness (QED) is 0.726. The number of halogens is 2. The Labute approximate surface area is 114 Å². The van der Waals surface area contributed by atoms with Crippen LogP contribution in [0.3, 0.4) is 0 Å². The molecule has 0 bridgehead atoms. The number of aryl methyl sites for hydroxylation is 1. The second-order valence-electron chi connectivity index (χ2n) is 4.05. The van der Waals surface area contributed by atoms with Gasteiger partial charge in [0.05, 0.1) is 0 Å². The number of unbranched alkanes of at least 4 members (excludes halogenated alkanes) is 1. The van der Waals surface area contributed by atoms with Gasteiger partial charge in [0.2, 0.25) is 0 Å². The topological polar surface area (TPSA) is 72.3 Å². The van der Waals surface area contributed by atoms with Crippen LogP contribution in [0.4, 0.5) is 0 Å². The number of benzene rings is 1. The number of phenolic OH excluding ortho intramolecular Hbond substituents is 1. The molecule has 0 aliphatic heterocycles. The molecule has 3 nitrogen and oxygen atoms in total. The van der Waals surface area contributed by atoms with E-state index >= 15 is 0 Å². The van der Waals surface area contributed by atoms with Gasteiger partial charge in [-0.05, 0) is 44.0 Å². The van der Waals surface area contributed by atoms with Crippen LogP contribution in [0.25, 0.3) is 0 Å². The maximum atomic E-state index is 9.89. The van der Waals surface area contributed by atoms with E-state index < -0.39 is 0 Å². The van der Waals surface area contributed by atoms with Gasteiger partial charge in [-0.25, -0.2) is 0 Å². The van der Waals surface area contributed by atoms with Crippen LogP contribution in [0.2, 0.25) is 5.02 Å². The van der Waals surface area contributed by atoms with Crippen molar-refractivity contribution in [3.63, 3.8) is 0 Å². The van der Waals surface area contributed by atoms with Gasteiger partial charge in [-0.1, -0.05) is 18.0 Å². The second kappa shape index (κ2) is 7.77. The maximum absolute atomic E-state index is 9.89. The third kappa shape index (κ3) is 4.72. The predicted molar refractivity (Wildman–Crippen MR) is 74.9 cm³/mol. The molecule has 0 radical (unpaired) electrons. The molecule has 0 aromatic heterocycles. The van der Waals surface area contributed by atoms with Crippen LogP contribution in [0.15, 0.2) is 12.1 Å². The zero-order chi connectivity index (χ0) is 12.1. The summed E-state index contributed by atoms with van der Waals surface area (Å²) in [7, 11) is 0. The third-order valence-corrected chi connectivity index (χ3v) is 2.88. The van der Waals surface area contributed by atoms with Crippen LogP contribution in [-0.4, -0.2) is 11.7 Å². The number of rotatable bonds is 5. The van der Waals surface area contributed by atoms with E-state index in [4.69, 9.17) is 23.1 Å². The van der Waals surface area contributed by atoms with E-state index in [2.05, 4.69) is 0 Å². The van der Waals surface area contributed by atoms with Crippen molar-refractivity contribution in [2.24, 2.45) is 11.5 Å². The number of hydrogen-bond donors (Lipinski definition) is 3. The summed E-state index contributed by atoms with van der Waals surface area (Å²) in [4.78, 5) is 0. The van der Waals surface area contributed by atoms with Crippen LogP contribution in [0, 0.1) is 6.92 Å². The molecule has 0 unspecified atom stereocenters. The van der Waals surface area contributed by atoms with E-state index in [9.17, 15) is 5.11 Å². The van der Waals surface area contributed by atoms with Crippen molar-refractivity contribution < 1.29 is 5.11 Å². The van der Waals surface area contributed by atoms with Gasteiger partial charge in [-0.2, -0.15) is 0 Å². The summed E-state index contributed by atoms with van der Waals surface area (Å²) >= 11 is 5.94. The van der Waals surface area contributed by atoms with Crippen molar-refractivity contribution in [2.75, 3.05) is 6.54 Å². The highest BCUT2D eigenvalue weighted by Crippen LogP contribution is 2.31. The Morgan fingerprint density at radius 2 is 2.00 bits per heavy atom. The highest BCUT2D eigenvalue weighted by molar-refractivity contribution is 6.30. The van der Waals surface area contributed by atoms with Crippen LogP contribution in [-0.2, 0) is 0 Å². The van der Waals surface area contributed by atoms with Crippen molar-refractivity contribution in [3.8, 4) is 5.75 Å². The van der Waals surface area contributed by atoms with Gasteiger partial charge in [-0.15, -0.1) is 12.4 Å². The molecule has 0 saturated carbocycles. The number of aromatic hydroxyl groups is 1. The molecule has 98 valence electrons. The van der Waals surface area contributed by atoms with E-state index in [1.54, 1.807) is 12.1 Å². The third-order valence-electron chi connectivity index (χ3n) is 2.66. The molecule has 0 aliphatic rings. The molecule has 0 fully saturated rings. The van der Waals surface area contributed by atoms with Gasteiger partial charge >= 0.3 is 0 Å². The lowest BCUT2D eigenvalue weighted by Crippen LogP contribution is -2.11. The lowest BCUT2D eigenvalue weighted by molar-refractivity contribution is 0.452. The summed E-state index contributed by atoms with van der Waals surface area (Å²) in [6.45, 7) is 2.49. The molecule has 5 heteroatoms. The number of hydrogen-bond acceptors (Lipinski definition) is 3. The molecule has 0 amide bonds. The van der Waals surface area contributed by atoms with Crippen LogP contribution >= 0.6 is 24.0 Å². The van der Waals surface area contributed by atoms with E-state index in [1.807, 2.05) is 6.92 Å². The van der Waals surface area contributed by atoms with Crippen molar-refractivity contribution in [2.45, 2.75) is 32.2 Å². The van der Waals surface area contributed by atoms with Gasteiger partial charge < -0.3 is 16.6 Å². The lowest BCUT2D eigenvalue weighted by atomic mass is 9.99. The van der Waals surface area contributed by atoms with Crippen molar-refractivity contribution in [3.05, 3.63) is 28.3 Å². The highest BCUT2D eigenvalue weighted by Gasteiger charge is 2.13. The van der Waals surface area contributed by atoms with Crippen LogP contribution in [0.5, 0.6) is 5.75 Å². The molecular formula is C12H20Cl2N2O. The SMILES string of the molecule is Cc1cc(Cl)cc([C@H](N)CCCCN)c1O.Cl. The minimum atomic E-state index is -0.177. The summed E-state index contributed by atoms with van der Waals surface area (Å²) in [5.41, 5.74) is 12.9. The zero-order valence-corrected chi connectivity index (χ0v) is 11.5. The van der Waals surface area contributed by atoms with Crippen molar-refractivity contribution in [1.82, 2.24) is 0 Å². The van der Waals surface area contributed by atoms with E-state index in [0.29, 0.717) is 11.6 Å². The van der Waals surface area contributed by atoms with Gasteiger partial charge in [0, 0.05) is 16.6 Å². The molecule has 1 aromatic rings. The first-order valence-corrected chi connectivity index (χ1v) is 5.88. The van der Waals surface area contributed by atoms with Crippen LogP contribution < -0.4 is 11.5 Å². The fraction of sp³-hybridized carbons (Fsp3) is 0.500. The molecule has 0 heterocycles.